The number of rotatable bonds is 2. The third-order valence-corrected chi connectivity index (χ3v) is 4.41. The highest BCUT2D eigenvalue weighted by atomic mass is 32.1. The molecule has 1 aromatic carbocycles. The average Bonchev–Trinajstić information content (AvgIpc) is 3.11. The maximum absolute atomic E-state index is 4.77. The molecule has 103 valence electrons. The molecule has 5 nitrogen and oxygen atoms in total. The molecule has 0 aliphatic carbocycles. The number of hydrogen-bond donors (Lipinski definition) is 1. The smallest absolute Gasteiger partial charge is 0.155 e. The lowest BCUT2D eigenvalue weighted by molar-refractivity contribution is 0.949. The summed E-state index contributed by atoms with van der Waals surface area (Å²) < 4.78 is 1.99. The molecule has 0 aliphatic heterocycles. The number of nitrogens with zero attached hydrogens (tertiary/aromatic N) is 4. The number of thiazole rings is 1. The summed E-state index contributed by atoms with van der Waals surface area (Å²) in [7, 11) is 3.84. The Morgan fingerprint density at radius 1 is 1.19 bits per heavy atom. The number of aromatic nitrogens is 4. The third-order valence-electron chi connectivity index (χ3n) is 3.41. The van der Waals surface area contributed by atoms with E-state index < -0.39 is 0 Å². The van der Waals surface area contributed by atoms with Crippen LogP contribution in [0.4, 0.5) is 5.82 Å². The van der Waals surface area contributed by atoms with Crippen molar-refractivity contribution in [3.8, 4) is 10.6 Å². The van der Waals surface area contributed by atoms with Gasteiger partial charge in [0, 0.05) is 19.7 Å². The number of nitrogens with one attached hydrogen (secondary N) is 1. The highest BCUT2D eigenvalue weighted by molar-refractivity contribution is 7.21. The molecule has 1 N–H and O–H groups in total. The lowest BCUT2D eigenvalue weighted by Gasteiger charge is -2.01. The molecular formula is C15H12N5S. The summed E-state index contributed by atoms with van der Waals surface area (Å²) in [5, 5.41) is 4.07. The van der Waals surface area contributed by atoms with Gasteiger partial charge in [0.1, 0.15) is 26.4 Å². The van der Waals surface area contributed by atoms with E-state index in [0.717, 1.165) is 37.8 Å². The summed E-state index contributed by atoms with van der Waals surface area (Å²) in [4.78, 5) is 14.7. The van der Waals surface area contributed by atoms with E-state index in [1.807, 2.05) is 42.9 Å². The molecule has 0 unspecified atom stereocenters. The van der Waals surface area contributed by atoms with Crippen LogP contribution in [-0.4, -0.2) is 26.6 Å². The number of hydrogen-bond acceptors (Lipinski definition) is 5. The van der Waals surface area contributed by atoms with Gasteiger partial charge in [0.2, 0.25) is 0 Å². The van der Waals surface area contributed by atoms with Crippen LogP contribution in [-0.2, 0) is 7.05 Å². The van der Waals surface area contributed by atoms with E-state index in [0.29, 0.717) is 0 Å². The lowest BCUT2D eigenvalue weighted by Crippen LogP contribution is -1.95. The SMILES string of the molecule is CNc1nc2sc(-c3cc[c]cc3)nc2c2c1ncn2C. The minimum absolute atomic E-state index is 0.787. The van der Waals surface area contributed by atoms with Crippen LogP contribution in [0, 0.1) is 6.07 Å². The molecule has 0 amide bonds. The second kappa shape index (κ2) is 4.53. The summed E-state index contributed by atoms with van der Waals surface area (Å²) >= 11 is 1.59. The highest BCUT2D eigenvalue weighted by Crippen LogP contribution is 2.34. The fourth-order valence-corrected chi connectivity index (χ4v) is 3.36. The summed E-state index contributed by atoms with van der Waals surface area (Å²) in [6, 6.07) is 10.8. The number of aryl methyl sites for hydroxylation is 1. The van der Waals surface area contributed by atoms with Crippen LogP contribution in [0.1, 0.15) is 0 Å². The van der Waals surface area contributed by atoms with Gasteiger partial charge in [-0.2, -0.15) is 0 Å². The van der Waals surface area contributed by atoms with Gasteiger partial charge < -0.3 is 9.88 Å². The Balaban J connectivity index is 2.07. The molecule has 0 spiro atoms. The van der Waals surface area contributed by atoms with E-state index in [2.05, 4.69) is 21.4 Å². The van der Waals surface area contributed by atoms with Crippen molar-refractivity contribution in [2.75, 3.05) is 12.4 Å². The van der Waals surface area contributed by atoms with Gasteiger partial charge in [-0.05, 0) is 6.07 Å². The molecule has 0 saturated carbocycles. The van der Waals surface area contributed by atoms with E-state index in [1.54, 1.807) is 17.7 Å². The Labute approximate surface area is 125 Å². The van der Waals surface area contributed by atoms with Gasteiger partial charge in [0.05, 0.1) is 6.33 Å². The lowest BCUT2D eigenvalue weighted by atomic mass is 10.2. The molecule has 1 radical (unpaired) electrons. The molecule has 6 heteroatoms. The van der Waals surface area contributed by atoms with Crippen molar-refractivity contribution in [2.45, 2.75) is 0 Å². The van der Waals surface area contributed by atoms with Crippen LogP contribution in [0.2, 0.25) is 0 Å². The van der Waals surface area contributed by atoms with Crippen molar-refractivity contribution in [1.29, 1.82) is 0 Å². The predicted molar refractivity (Wildman–Crippen MR) is 85.5 cm³/mol. The molecular weight excluding hydrogens is 282 g/mol. The molecule has 3 heterocycles. The Morgan fingerprint density at radius 2 is 2.00 bits per heavy atom. The molecule has 0 aliphatic rings. The number of pyridine rings is 1. The Bertz CT molecular complexity index is 939. The van der Waals surface area contributed by atoms with Crippen molar-refractivity contribution < 1.29 is 0 Å². The molecule has 3 aromatic heterocycles. The third kappa shape index (κ3) is 1.80. The second-order valence-corrected chi connectivity index (χ2v) is 5.70. The van der Waals surface area contributed by atoms with Crippen molar-refractivity contribution in [3.63, 3.8) is 0 Å². The van der Waals surface area contributed by atoms with Gasteiger partial charge in [0.25, 0.3) is 0 Å². The highest BCUT2D eigenvalue weighted by Gasteiger charge is 2.16. The fourth-order valence-electron chi connectivity index (χ4n) is 2.41. The Kier molecular flexibility index (Phi) is 2.65. The Morgan fingerprint density at radius 3 is 2.76 bits per heavy atom. The molecule has 4 aromatic rings. The molecule has 0 fully saturated rings. The van der Waals surface area contributed by atoms with Crippen LogP contribution >= 0.6 is 11.3 Å². The minimum atomic E-state index is 0.787. The first-order valence-electron chi connectivity index (χ1n) is 6.53. The van der Waals surface area contributed by atoms with E-state index >= 15 is 0 Å². The first-order valence-corrected chi connectivity index (χ1v) is 7.35. The minimum Gasteiger partial charge on any atom is -0.371 e. The quantitative estimate of drug-likeness (QED) is 0.617. The predicted octanol–water partition coefficient (Wildman–Crippen LogP) is 3.09. The number of fused-ring (bicyclic) bond motifs is 3. The standard InChI is InChI=1S/C15H12N5S/c1-16-13-10-12(20(2)8-17-10)11-15(19-13)21-14(18-11)9-6-4-3-5-7-9/h4-8H,1-2H3,(H,16,19). The van der Waals surface area contributed by atoms with E-state index in [-0.39, 0.29) is 0 Å². The van der Waals surface area contributed by atoms with Crippen molar-refractivity contribution in [3.05, 3.63) is 36.7 Å². The van der Waals surface area contributed by atoms with Crippen molar-refractivity contribution >= 4 is 38.5 Å². The summed E-state index contributed by atoms with van der Waals surface area (Å²) in [5.74, 6) is 0.787. The summed E-state index contributed by atoms with van der Waals surface area (Å²) in [6.07, 6.45) is 1.79. The molecule has 0 atom stereocenters. The maximum atomic E-state index is 4.77. The monoisotopic (exact) mass is 294 g/mol. The van der Waals surface area contributed by atoms with Gasteiger partial charge in [-0.15, -0.1) is 0 Å². The maximum Gasteiger partial charge on any atom is 0.155 e. The molecule has 0 saturated heterocycles. The molecule has 21 heavy (non-hydrogen) atoms. The first kappa shape index (κ1) is 12.3. The van der Waals surface area contributed by atoms with Gasteiger partial charge in [-0.1, -0.05) is 35.6 Å². The summed E-state index contributed by atoms with van der Waals surface area (Å²) in [5.41, 5.74) is 3.84. The largest absolute Gasteiger partial charge is 0.371 e. The van der Waals surface area contributed by atoms with Gasteiger partial charge >= 0.3 is 0 Å². The van der Waals surface area contributed by atoms with Crippen LogP contribution in [0.3, 0.4) is 0 Å². The van der Waals surface area contributed by atoms with Crippen LogP contribution in [0.15, 0.2) is 30.6 Å². The van der Waals surface area contributed by atoms with Crippen LogP contribution in [0.5, 0.6) is 0 Å². The van der Waals surface area contributed by atoms with Crippen molar-refractivity contribution in [1.82, 2.24) is 19.5 Å². The normalized spacial score (nSPS) is 11.3. The van der Waals surface area contributed by atoms with E-state index in [9.17, 15) is 0 Å². The van der Waals surface area contributed by atoms with E-state index in [4.69, 9.17) is 4.98 Å². The number of benzene rings is 1. The van der Waals surface area contributed by atoms with Crippen molar-refractivity contribution in [2.24, 2.45) is 7.05 Å². The molecule has 0 bridgehead atoms. The number of imidazole rings is 1. The topological polar surface area (TPSA) is 55.6 Å². The number of anilines is 1. The first-order chi connectivity index (χ1) is 10.3. The van der Waals surface area contributed by atoms with Gasteiger partial charge in [0.15, 0.2) is 5.82 Å². The molecule has 4 rings (SSSR count). The van der Waals surface area contributed by atoms with Gasteiger partial charge in [-0.25, -0.2) is 15.0 Å². The van der Waals surface area contributed by atoms with Crippen LogP contribution < -0.4 is 5.32 Å². The average molecular weight is 294 g/mol. The zero-order valence-corrected chi connectivity index (χ0v) is 12.4. The zero-order chi connectivity index (χ0) is 14.4. The van der Waals surface area contributed by atoms with Gasteiger partial charge in [-0.3, -0.25) is 0 Å². The Hall–Kier alpha value is -2.47. The zero-order valence-electron chi connectivity index (χ0n) is 11.6. The second-order valence-electron chi connectivity index (χ2n) is 4.72. The van der Waals surface area contributed by atoms with Crippen LogP contribution in [0.25, 0.3) is 32.0 Å². The van der Waals surface area contributed by atoms with E-state index in [1.165, 1.54) is 0 Å². The summed E-state index contributed by atoms with van der Waals surface area (Å²) in [6.45, 7) is 0. The fraction of sp³-hybridized carbons (Fsp3) is 0.133.